The molecule has 3 aromatic rings. The Morgan fingerprint density at radius 2 is 1.72 bits per heavy atom. The standard InChI is InChI=1S/C19H16F4N4O4S/c1-19(2,3)31-18(29)27-6-5-8-15(24-7-25-16(8)27)26-17(28)9-10(20)11(21)12(22)13(23)14(9)32(4)30/h5-7H,1-4H3,(H,24,25,26,28). The number of anilines is 1. The van der Waals surface area contributed by atoms with Crippen molar-refractivity contribution in [2.75, 3.05) is 11.6 Å². The van der Waals surface area contributed by atoms with E-state index in [4.69, 9.17) is 4.74 Å². The van der Waals surface area contributed by atoms with E-state index in [-0.39, 0.29) is 16.9 Å². The zero-order chi connectivity index (χ0) is 24.0. The van der Waals surface area contributed by atoms with Gasteiger partial charge in [0, 0.05) is 6.20 Å². The van der Waals surface area contributed by atoms with Crippen molar-refractivity contribution in [1.82, 2.24) is 14.5 Å². The minimum atomic E-state index is -2.38. The van der Waals surface area contributed by atoms with Crippen LogP contribution >= 0.6 is 0 Å². The van der Waals surface area contributed by atoms with Crippen molar-refractivity contribution < 1.29 is 36.4 Å². The first kappa shape index (κ1) is 23.5. The van der Waals surface area contributed by atoms with Crippen LogP contribution in [0.1, 0.15) is 31.1 Å². The number of aromatic nitrogens is 3. The number of halogens is 4. The summed E-state index contributed by atoms with van der Waals surface area (Å²) >= 11 is -2.38. The second-order valence-electron chi connectivity index (χ2n) is 7.49. The summed E-state index contributed by atoms with van der Waals surface area (Å²) in [6.45, 7) is 4.96. The first-order chi connectivity index (χ1) is 14.8. The van der Waals surface area contributed by atoms with Gasteiger partial charge in [-0.3, -0.25) is 4.79 Å². The first-order valence-corrected chi connectivity index (χ1v) is 10.5. The molecule has 0 saturated carbocycles. The Bertz CT molecular complexity index is 1240. The fraction of sp³-hybridized carbons (Fsp3) is 0.263. The van der Waals surface area contributed by atoms with Crippen LogP contribution in [0.3, 0.4) is 0 Å². The van der Waals surface area contributed by atoms with Crippen LogP contribution in [0.25, 0.3) is 11.0 Å². The molecular weight excluding hydrogens is 456 g/mol. The van der Waals surface area contributed by atoms with Crippen LogP contribution in [0, 0.1) is 23.3 Å². The number of carbonyl (C=O) groups is 2. The number of hydrogen-bond acceptors (Lipinski definition) is 6. The van der Waals surface area contributed by atoms with Gasteiger partial charge in [-0.2, -0.15) is 4.39 Å². The third kappa shape index (κ3) is 4.25. The highest BCUT2D eigenvalue weighted by atomic mass is 32.2. The summed E-state index contributed by atoms with van der Waals surface area (Å²) < 4.78 is 73.8. The lowest BCUT2D eigenvalue weighted by Gasteiger charge is -2.19. The number of carbonyl (C=O) groups excluding carboxylic acids is 2. The molecule has 1 N–H and O–H groups in total. The third-order valence-electron chi connectivity index (χ3n) is 4.04. The van der Waals surface area contributed by atoms with Gasteiger partial charge in [0.05, 0.1) is 5.39 Å². The molecule has 2 aromatic heterocycles. The molecule has 0 spiro atoms. The lowest BCUT2D eigenvalue weighted by Crippen LogP contribution is -2.27. The molecule has 0 radical (unpaired) electrons. The molecule has 1 unspecified atom stereocenters. The Morgan fingerprint density at radius 1 is 1.09 bits per heavy atom. The molecule has 0 fully saturated rings. The van der Waals surface area contributed by atoms with Gasteiger partial charge in [0.25, 0.3) is 5.91 Å². The fourth-order valence-corrected chi connectivity index (χ4v) is 3.58. The van der Waals surface area contributed by atoms with E-state index in [1.165, 1.54) is 12.3 Å². The zero-order valence-corrected chi connectivity index (χ0v) is 17.9. The molecule has 1 aromatic carbocycles. The Morgan fingerprint density at radius 3 is 2.31 bits per heavy atom. The molecule has 13 heteroatoms. The highest BCUT2D eigenvalue weighted by Gasteiger charge is 2.35. The topological polar surface area (TPSA) is 109 Å². The van der Waals surface area contributed by atoms with E-state index >= 15 is 0 Å². The smallest absolute Gasteiger partial charge is 0.420 e. The van der Waals surface area contributed by atoms with Crippen molar-refractivity contribution in [1.29, 1.82) is 0 Å². The van der Waals surface area contributed by atoms with Crippen LogP contribution in [0.15, 0.2) is 23.5 Å². The summed E-state index contributed by atoms with van der Waals surface area (Å²) in [5, 5.41) is 2.23. The second-order valence-corrected chi connectivity index (χ2v) is 8.81. The Kier molecular flexibility index (Phi) is 6.15. The summed E-state index contributed by atoms with van der Waals surface area (Å²) in [4.78, 5) is 31.6. The van der Waals surface area contributed by atoms with E-state index in [0.717, 1.165) is 17.2 Å². The normalized spacial score (nSPS) is 12.7. The molecule has 2 heterocycles. The molecule has 0 bridgehead atoms. The van der Waals surface area contributed by atoms with Gasteiger partial charge in [-0.25, -0.2) is 32.5 Å². The number of ether oxygens (including phenoxy) is 1. The molecule has 0 aliphatic rings. The minimum Gasteiger partial charge on any atom is -0.612 e. The Hall–Kier alpha value is -3.19. The Balaban J connectivity index is 2.05. The van der Waals surface area contributed by atoms with E-state index in [1.807, 2.05) is 0 Å². The maximum absolute atomic E-state index is 14.3. The third-order valence-corrected chi connectivity index (χ3v) is 5.00. The van der Waals surface area contributed by atoms with Crippen molar-refractivity contribution in [3.8, 4) is 0 Å². The number of amides is 1. The van der Waals surface area contributed by atoms with Gasteiger partial charge in [-0.05, 0) is 38.0 Å². The molecule has 1 amide bonds. The van der Waals surface area contributed by atoms with Gasteiger partial charge in [0.2, 0.25) is 16.5 Å². The number of fused-ring (bicyclic) bond motifs is 1. The maximum atomic E-state index is 14.3. The zero-order valence-electron chi connectivity index (χ0n) is 17.1. The van der Waals surface area contributed by atoms with Gasteiger partial charge in [0.15, 0.2) is 17.3 Å². The number of benzene rings is 1. The van der Waals surface area contributed by atoms with Gasteiger partial charge >= 0.3 is 6.09 Å². The molecule has 170 valence electrons. The number of hydrogen-bond donors (Lipinski definition) is 1. The van der Waals surface area contributed by atoms with E-state index in [9.17, 15) is 31.7 Å². The fourth-order valence-electron chi connectivity index (χ4n) is 2.76. The highest BCUT2D eigenvalue weighted by molar-refractivity contribution is 7.90. The van der Waals surface area contributed by atoms with Crippen LogP contribution in [-0.2, 0) is 15.9 Å². The van der Waals surface area contributed by atoms with Crippen LogP contribution in [0.4, 0.5) is 28.2 Å². The van der Waals surface area contributed by atoms with Gasteiger partial charge in [0.1, 0.15) is 29.6 Å². The molecule has 32 heavy (non-hydrogen) atoms. The van der Waals surface area contributed by atoms with Crippen molar-refractivity contribution in [2.45, 2.75) is 31.3 Å². The lowest BCUT2D eigenvalue weighted by molar-refractivity contribution is 0.0543. The van der Waals surface area contributed by atoms with Crippen molar-refractivity contribution >= 4 is 40.0 Å². The first-order valence-electron chi connectivity index (χ1n) is 8.89. The minimum absolute atomic E-state index is 0.0146. The van der Waals surface area contributed by atoms with Gasteiger partial charge in [-0.15, -0.1) is 0 Å². The van der Waals surface area contributed by atoms with Crippen molar-refractivity contribution in [2.24, 2.45) is 0 Å². The molecule has 0 aliphatic carbocycles. The van der Waals surface area contributed by atoms with Crippen LogP contribution < -0.4 is 5.32 Å². The van der Waals surface area contributed by atoms with Crippen molar-refractivity contribution in [3.63, 3.8) is 0 Å². The molecule has 0 aliphatic heterocycles. The number of rotatable bonds is 3. The molecule has 0 saturated heterocycles. The molecule has 1 atom stereocenters. The molecule has 3 rings (SSSR count). The van der Waals surface area contributed by atoms with Crippen molar-refractivity contribution in [3.05, 3.63) is 47.4 Å². The van der Waals surface area contributed by atoms with Crippen LogP contribution in [0.5, 0.6) is 0 Å². The summed E-state index contributed by atoms with van der Waals surface area (Å²) in [5.74, 6) is -10.1. The van der Waals surface area contributed by atoms with E-state index in [2.05, 4.69) is 15.3 Å². The lowest BCUT2D eigenvalue weighted by atomic mass is 10.1. The number of nitrogens with one attached hydrogen (secondary N) is 1. The van der Waals surface area contributed by atoms with Crippen LogP contribution in [0.2, 0.25) is 0 Å². The van der Waals surface area contributed by atoms with Gasteiger partial charge < -0.3 is 14.6 Å². The second kappa shape index (κ2) is 8.39. The average Bonchev–Trinajstić information content (AvgIpc) is 3.12. The number of nitrogens with zero attached hydrogens (tertiary/aromatic N) is 3. The Labute approximate surface area is 181 Å². The summed E-state index contributed by atoms with van der Waals surface area (Å²) in [6.07, 6.45) is 2.35. The quantitative estimate of drug-likeness (QED) is 0.269. The summed E-state index contributed by atoms with van der Waals surface area (Å²) in [5.41, 5.74) is -2.07. The highest BCUT2D eigenvalue weighted by Crippen LogP contribution is 2.29. The van der Waals surface area contributed by atoms with Crippen LogP contribution in [-0.4, -0.2) is 42.9 Å². The van der Waals surface area contributed by atoms with E-state index < -0.39 is 62.5 Å². The average molecular weight is 472 g/mol. The largest absolute Gasteiger partial charge is 0.612 e. The summed E-state index contributed by atoms with van der Waals surface area (Å²) in [7, 11) is 0. The summed E-state index contributed by atoms with van der Waals surface area (Å²) in [6, 6.07) is 1.34. The monoisotopic (exact) mass is 472 g/mol. The van der Waals surface area contributed by atoms with E-state index in [1.54, 1.807) is 20.8 Å². The predicted octanol–water partition coefficient (Wildman–Crippen LogP) is 3.76. The maximum Gasteiger partial charge on any atom is 0.420 e. The van der Waals surface area contributed by atoms with E-state index in [0.29, 0.717) is 0 Å². The SMILES string of the molecule is C[S+]([O-])c1c(F)c(F)c(F)c(F)c1C(=O)Nc1ncnc2c1ccn2C(=O)OC(C)(C)C. The van der Waals surface area contributed by atoms with Gasteiger partial charge in [-0.1, -0.05) is 0 Å². The molecular formula is C19H16F4N4O4S. The molecule has 8 nitrogen and oxygen atoms in total. The predicted molar refractivity (Wildman–Crippen MR) is 106 cm³/mol.